The fraction of sp³-hybridized carbons (Fsp3) is 0.600. The van der Waals surface area contributed by atoms with E-state index in [0.29, 0.717) is 17.5 Å². The molecule has 5 heteroatoms. The van der Waals surface area contributed by atoms with Gasteiger partial charge in [0, 0.05) is 25.2 Å². The minimum Gasteiger partial charge on any atom is -0.329 e. The number of benzene rings is 1. The minimum absolute atomic E-state index is 0.229. The van der Waals surface area contributed by atoms with Crippen LogP contribution < -0.4 is 5.73 Å². The molecule has 3 rings (SSSR count). The Kier molecular flexibility index (Phi) is 3.73. The summed E-state index contributed by atoms with van der Waals surface area (Å²) in [4.78, 5) is 2.25. The quantitative estimate of drug-likeness (QED) is 0.814. The van der Waals surface area contributed by atoms with E-state index in [1.165, 1.54) is 12.8 Å². The van der Waals surface area contributed by atoms with Crippen molar-refractivity contribution in [1.29, 1.82) is 0 Å². The molecule has 20 heavy (non-hydrogen) atoms. The van der Waals surface area contributed by atoms with Crippen molar-refractivity contribution >= 4 is 0 Å². The molecule has 110 valence electrons. The molecule has 2 saturated carbocycles. The van der Waals surface area contributed by atoms with Gasteiger partial charge in [0.15, 0.2) is 17.5 Å². The van der Waals surface area contributed by atoms with Crippen molar-refractivity contribution in [3.8, 4) is 0 Å². The van der Waals surface area contributed by atoms with Crippen molar-refractivity contribution in [3.05, 3.63) is 35.1 Å². The van der Waals surface area contributed by atoms with Gasteiger partial charge in [0.2, 0.25) is 0 Å². The SMILES string of the molecule is NCC(c1cc(F)c(F)c(F)c1)N(CC1CC1)C1CC1. The first-order valence-electron chi connectivity index (χ1n) is 7.20. The van der Waals surface area contributed by atoms with Crippen LogP contribution in [0, 0.1) is 23.4 Å². The third-order valence-corrected chi connectivity index (χ3v) is 4.20. The molecule has 1 atom stereocenters. The van der Waals surface area contributed by atoms with E-state index in [2.05, 4.69) is 4.90 Å². The Morgan fingerprint density at radius 1 is 1.10 bits per heavy atom. The monoisotopic (exact) mass is 284 g/mol. The molecule has 2 aliphatic rings. The number of nitrogens with two attached hydrogens (primary N) is 1. The normalized spacial score (nSPS) is 20.4. The number of rotatable bonds is 6. The zero-order valence-corrected chi connectivity index (χ0v) is 11.3. The maximum Gasteiger partial charge on any atom is 0.194 e. The summed E-state index contributed by atoms with van der Waals surface area (Å²) in [6.07, 6.45) is 4.64. The molecule has 2 nitrogen and oxygen atoms in total. The van der Waals surface area contributed by atoms with E-state index in [0.717, 1.165) is 31.5 Å². The van der Waals surface area contributed by atoms with Crippen molar-refractivity contribution < 1.29 is 13.2 Å². The van der Waals surface area contributed by atoms with Crippen LogP contribution in [0.4, 0.5) is 13.2 Å². The van der Waals surface area contributed by atoms with Gasteiger partial charge in [0.1, 0.15) is 0 Å². The largest absolute Gasteiger partial charge is 0.329 e. The van der Waals surface area contributed by atoms with Crippen LogP contribution in [0.2, 0.25) is 0 Å². The first-order chi connectivity index (χ1) is 9.60. The first kappa shape index (κ1) is 13.9. The zero-order valence-electron chi connectivity index (χ0n) is 11.3. The van der Waals surface area contributed by atoms with Gasteiger partial charge in [-0.25, -0.2) is 13.2 Å². The second-order valence-electron chi connectivity index (χ2n) is 5.92. The van der Waals surface area contributed by atoms with Crippen molar-refractivity contribution in [3.63, 3.8) is 0 Å². The molecule has 0 heterocycles. The van der Waals surface area contributed by atoms with Gasteiger partial charge < -0.3 is 5.73 Å². The highest BCUT2D eigenvalue weighted by Crippen LogP contribution is 2.39. The van der Waals surface area contributed by atoms with Gasteiger partial charge in [0.05, 0.1) is 0 Å². The van der Waals surface area contributed by atoms with Crippen molar-refractivity contribution in [1.82, 2.24) is 4.90 Å². The fourth-order valence-electron chi connectivity index (χ4n) is 2.77. The molecule has 0 aromatic heterocycles. The highest BCUT2D eigenvalue weighted by atomic mass is 19.2. The van der Waals surface area contributed by atoms with Crippen LogP contribution in [0.15, 0.2) is 12.1 Å². The van der Waals surface area contributed by atoms with Crippen LogP contribution >= 0.6 is 0 Å². The van der Waals surface area contributed by atoms with E-state index in [9.17, 15) is 13.2 Å². The van der Waals surface area contributed by atoms with E-state index in [1.54, 1.807) is 0 Å². The Bertz CT molecular complexity index is 475. The van der Waals surface area contributed by atoms with E-state index in [-0.39, 0.29) is 12.6 Å². The summed E-state index contributed by atoms with van der Waals surface area (Å²) >= 11 is 0. The van der Waals surface area contributed by atoms with Crippen LogP contribution in [0.1, 0.15) is 37.3 Å². The van der Waals surface area contributed by atoms with E-state index in [1.807, 2.05) is 0 Å². The average molecular weight is 284 g/mol. The molecule has 0 aliphatic heterocycles. The number of halogens is 3. The predicted octanol–water partition coefficient (Wildman–Crippen LogP) is 2.98. The second-order valence-corrected chi connectivity index (χ2v) is 5.92. The molecule has 2 aliphatic carbocycles. The summed E-state index contributed by atoms with van der Waals surface area (Å²) in [5.74, 6) is -3.01. The van der Waals surface area contributed by atoms with Gasteiger partial charge >= 0.3 is 0 Å². The lowest BCUT2D eigenvalue weighted by molar-refractivity contribution is 0.182. The van der Waals surface area contributed by atoms with Crippen LogP contribution in [0.25, 0.3) is 0 Å². The van der Waals surface area contributed by atoms with Gasteiger partial charge in [-0.1, -0.05) is 0 Å². The smallest absolute Gasteiger partial charge is 0.194 e. The van der Waals surface area contributed by atoms with Crippen molar-refractivity contribution in [2.75, 3.05) is 13.1 Å². The maximum atomic E-state index is 13.4. The lowest BCUT2D eigenvalue weighted by Crippen LogP contribution is -2.37. The Hall–Kier alpha value is -1.07. The van der Waals surface area contributed by atoms with Crippen molar-refractivity contribution in [2.45, 2.75) is 37.8 Å². The highest BCUT2D eigenvalue weighted by Gasteiger charge is 2.38. The fourth-order valence-corrected chi connectivity index (χ4v) is 2.77. The van der Waals surface area contributed by atoms with Gasteiger partial charge in [-0.2, -0.15) is 0 Å². The summed E-state index contributed by atoms with van der Waals surface area (Å²) in [5.41, 5.74) is 6.27. The summed E-state index contributed by atoms with van der Waals surface area (Å²) in [6.45, 7) is 1.21. The molecular formula is C15H19F3N2. The standard InChI is InChI=1S/C15H19F3N2/c16-12-5-10(6-13(17)15(12)18)14(7-19)20(11-3-4-11)8-9-1-2-9/h5-6,9,11,14H,1-4,7-8,19H2. The van der Waals surface area contributed by atoms with Gasteiger partial charge in [-0.3, -0.25) is 4.90 Å². The zero-order chi connectivity index (χ0) is 14.3. The Balaban J connectivity index is 1.86. The lowest BCUT2D eigenvalue weighted by atomic mass is 10.0. The summed E-state index contributed by atoms with van der Waals surface area (Å²) in [6, 6.07) is 2.39. The molecule has 1 unspecified atom stereocenters. The number of nitrogens with zero attached hydrogens (tertiary/aromatic N) is 1. The summed E-state index contributed by atoms with van der Waals surface area (Å²) < 4.78 is 39.9. The highest BCUT2D eigenvalue weighted by molar-refractivity contribution is 5.24. The molecule has 0 amide bonds. The third-order valence-electron chi connectivity index (χ3n) is 4.20. The topological polar surface area (TPSA) is 29.3 Å². The third kappa shape index (κ3) is 2.83. The Labute approximate surface area is 116 Å². The molecule has 1 aromatic carbocycles. The van der Waals surface area contributed by atoms with Gasteiger partial charge in [-0.15, -0.1) is 0 Å². The van der Waals surface area contributed by atoms with Gasteiger partial charge in [-0.05, 0) is 49.3 Å². The molecule has 0 radical (unpaired) electrons. The molecular weight excluding hydrogens is 265 g/mol. The van der Waals surface area contributed by atoms with Crippen LogP contribution in [0.3, 0.4) is 0 Å². The predicted molar refractivity (Wildman–Crippen MR) is 70.6 cm³/mol. The van der Waals surface area contributed by atoms with Gasteiger partial charge in [0.25, 0.3) is 0 Å². The summed E-state index contributed by atoms with van der Waals surface area (Å²) in [7, 11) is 0. The number of hydrogen-bond acceptors (Lipinski definition) is 2. The van der Waals surface area contributed by atoms with E-state index in [4.69, 9.17) is 5.73 Å². The Morgan fingerprint density at radius 3 is 2.15 bits per heavy atom. The van der Waals surface area contributed by atoms with E-state index < -0.39 is 17.5 Å². The van der Waals surface area contributed by atoms with Crippen LogP contribution in [-0.2, 0) is 0 Å². The Morgan fingerprint density at radius 2 is 1.70 bits per heavy atom. The average Bonchev–Trinajstić information content (AvgIpc) is 3.26. The number of hydrogen-bond donors (Lipinski definition) is 1. The van der Waals surface area contributed by atoms with Crippen molar-refractivity contribution in [2.24, 2.45) is 11.7 Å². The molecule has 2 fully saturated rings. The minimum atomic E-state index is -1.41. The second kappa shape index (κ2) is 5.37. The molecule has 0 spiro atoms. The van der Waals surface area contributed by atoms with E-state index >= 15 is 0 Å². The summed E-state index contributed by atoms with van der Waals surface area (Å²) in [5, 5.41) is 0. The lowest BCUT2D eigenvalue weighted by Gasteiger charge is -2.31. The maximum absolute atomic E-state index is 13.4. The molecule has 0 bridgehead atoms. The van der Waals surface area contributed by atoms with Crippen LogP contribution in [0.5, 0.6) is 0 Å². The molecule has 1 aromatic rings. The first-order valence-corrected chi connectivity index (χ1v) is 7.20. The molecule has 2 N–H and O–H groups in total. The van der Waals surface area contributed by atoms with Crippen LogP contribution in [-0.4, -0.2) is 24.0 Å². The molecule has 0 saturated heterocycles.